The van der Waals surface area contributed by atoms with Gasteiger partial charge in [-0.1, -0.05) is 47.7 Å². The van der Waals surface area contributed by atoms with E-state index in [4.69, 9.17) is 0 Å². The lowest BCUT2D eigenvalue weighted by atomic mass is 10.1. The van der Waals surface area contributed by atoms with E-state index in [-0.39, 0.29) is 11.5 Å². The van der Waals surface area contributed by atoms with Gasteiger partial charge in [0.25, 0.3) is 11.5 Å². The predicted molar refractivity (Wildman–Crippen MR) is 101 cm³/mol. The Kier molecular flexibility index (Phi) is 3.29. The van der Waals surface area contributed by atoms with E-state index in [9.17, 15) is 9.59 Å². The Morgan fingerprint density at radius 3 is 2.62 bits per heavy atom. The zero-order valence-electron chi connectivity index (χ0n) is 13.7. The minimum absolute atomic E-state index is 0.170. The molecule has 1 amide bonds. The molecule has 1 aromatic heterocycles. The van der Waals surface area contributed by atoms with Crippen LogP contribution in [0.15, 0.2) is 64.4 Å². The van der Waals surface area contributed by atoms with Crippen molar-refractivity contribution in [2.24, 2.45) is 4.99 Å². The molecule has 0 unspecified atom stereocenters. The van der Waals surface area contributed by atoms with Gasteiger partial charge in [-0.3, -0.25) is 14.2 Å². The van der Waals surface area contributed by atoms with Crippen LogP contribution in [0.25, 0.3) is 5.57 Å². The molecule has 6 nitrogen and oxygen atoms in total. The summed E-state index contributed by atoms with van der Waals surface area (Å²) < 4.78 is 2.08. The molecule has 0 spiro atoms. The predicted octanol–water partition coefficient (Wildman–Crippen LogP) is 1.12. The van der Waals surface area contributed by atoms with Crippen LogP contribution in [0.2, 0.25) is 0 Å². The Morgan fingerprint density at radius 1 is 1.00 bits per heavy atom. The van der Waals surface area contributed by atoms with Gasteiger partial charge in [-0.25, -0.2) is 4.99 Å². The van der Waals surface area contributed by atoms with Gasteiger partial charge in [-0.2, -0.15) is 0 Å². The van der Waals surface area contributed by atoms with E-state index in [0.29, 0.717) is 28.2 Å². The maximum absolute atomic E-state index is 13.0. The van der Waals surface area contributed by atoms with Crippen LogP contribution >= 0.6 is 11.3 Å². The maximum atomic E-state index is 13.0. The highest BCUT2D eigenvalue weighted by Crippen LogP contribution is 2.29. The molecule has 128 valence electrons. The van der Waals surface area contributed by atoms with Crippen LogP contribution in [-0.2, 0) is 11.5 Å². The van der Waals surface area contributed by atoms with Crippen molar-refractivity contribution in [1.29, 1.82) is 0 Å². The van der Waals surface area contributed by atoms with E-state index >= 15 is 0 Å². The zero-order chi connectivity index (χ0) is 17.7. The Morgan fingerprint density at radius 2 is 1.77 bits per heavy atom. The average Bonchev–Trinajstić information content (AvgIpc) is 3.18. The Balaban J connectivity index is 1.68. The number of nitrogens with zero attached hydrogens (tertiary/aromatic N) is 3. The average molecular weight is 362 g/mol. The molecule has 0 saturated heterocycles. The summed E-state index contributed by atoms with van der Waals surface area (Å²) >= 11 is 1.28. The van der Waals surface area contributed by atoms with Crippen LogP contribution in [0.4, 0.5) is 11.4 Å². The number of fused-ring (bicyclic) bond motifs is 2. The van der Waals surface area contributed by atoms with Gasteiger partial charge >= 0.3 is 0 Å². The van der Waals surface area contributed by atoms with Crippen molar-refractivity contribution >= 4 is 34.2 Å². The molecule has 0 aliphatic carbocycles. The highest BCUT2D eigenvalue weighted by molar-refractivity contribution is 7.07. The van der Waals surface area contributed by atoms with Crippen LogP contribution in [0, 0.1) is 0 Å². The largest absolute Gasteiger partial charge is 0.334 e. The van der Waals surface area contributed by atoms with E-state index < -0.39 is 0 Å². The molecule has 2 aromatic carbocycles. The van der Waals surface area contributed by atoms with Gasteiger partial charge in [-0.15, -0.1) is 0 Å². The lowest BCUT2D eigenvalue weighted by Gasteiger charge is -2.25. The Labute approximate surface area is 152 Å². The van der Waals surface area contributed by atoms with Gasteiger partial charge in [0.05, 0.1) is 5.57 Å². The van der Waals surface area contributed by atoms with Crippen LogP contribution in [0.3, 0.4) is 0 Å². The second-order valence-electron chi connectivity index (χ2n) is 6.14. The van der Waals surface area contributed by atoms with Gasteiger partial charge in [-0.05, 0) is 18.2 Å². The maximum Gasteiger partial charge on any atom is 0.272 e. The second-order valence-corrected chi connectivity index (χ2v) is 7.12. The van der Waals surface area contributed by atoms with Crippen LogP contribution < -0.4 is 25.1 Å². The summed E-state index contributed by atoms with van der Waals surface area (Å²) in [5.41, 5.74) is 2.80. The van der Waals surface area contributed by atoms with Crippen molar-refractivity contribution in [2.45, 2.75) is 6.67 Å². The number of para-hydroxylation sites is 2. The molecule has 0 saturated carbocycles. The molecule has 5 rings (SSSR count). The Hall–Kier alpha value is -3.19. The second kappa shape index (κ2) is 5.67. The molecule has 3 aromatic rings. The summed E-state index contributed by atoms with van der Waals surface area (Å²) in [5, 5.41) is 2.83. The molecule has 0 fully saturated rings. The molecule has 2 aliphatic rings. The van der Waals surface area contributed by atoms with E-state index in [1.54, 1.807) is 4.57 Å². The first-order chi connectivity index (χ1) is 12.7. The number of carbonyl (C=O) groups excluding carboxylic acids is 1. The van der Waals surface area contributed by atoms with E-state index in [2.05, 4.69) is 10.3 Å². The van der Waals surface area contributed by atoms with Crippen LogP contribution in [0.1, 0.15) is 5.56 Å². The number of anilines is 2. The Bertz CT molecular complexity index is 1210. The first kappa shape index (κ1) is 15.1. The number of aromatic nitrogens is 1. The number of thiazole rings is 1. The fraction of sp³-hybridized carbons (Fsp3) is 0.105. The molecular weight excluding hydrogens is 348 g/mol. The zero-order valence-corrected chi connectivity index (χ0v) is 14.5. The molecule has 0 atom stereocenters. The third-order valence-corrected chi connectivity index (χ3v) is 5.69. The first-order valence-corrected chi connectivity index (χ1v) is 9.03. The molecule has 2 aliphatic heterocycles. The molecule has 7 heteroatoms. The van der Waals surface area contributed by atoms with Crippen molar-refractivity contribution in [3.8, 4) is 0 Å². The van der Waals surface area contributed by atoms with Crippen LogP contribution in [-0.4, -0.2) is 17.1 Å². The van der Waals surface area contributed by atoms with Gasteiger partial charge in [0.2, 0.25) is 0 Å². The summed E-state index contributed by atoms with van der Waals surface area (Å²) in [5.74, 6) is -0.234. The lowest BCUT2D eigenvalue weighted by Crippen LogP contribution is -2.43. The summed E-state index contributed by atoms with van der Waals surface area (Å²) in [6.45, 7) is 0.913. The highest BCUT2D eigenvalue weighted by atomic mass is 32.1. The quantitative estimate of drug-likeness (QED) is 0.705. The van der Waals surface area contributed by atoms with Crippen molar-refractivity contribution < 1.29 is 4.79 Å². The molecule has 1 N–H and O–H groups in total. The topological polar surface area (TPSA) is 66.7 Å². The molecule has 0 bridgehead atoms. The van der Waals surface area contributed by atoms with E-state index in [1.807, 2.05) is 59.5 Å². The smallest absolute Gasteiger partial charge is 0.272 e. The normalized spacial score (nSPS) is 17.4. The number of nitrogens with one attached hydrogen (secondary N) is 1. The number of rotatable bonds is 1. The van der Waals surface area contributed by atoms with Gasteiger partial charge in [0, 0.05) is 16.9 Å². The highest BCUT2D eigenvalue weighted by Gasteiger charge is 2.27. The fourth-order valence-electron chi connectivity index (χ4n) is 3.31. The minimum Gasteiger partial charge on any atom is -0.334 e. The molecule has 26 heavy (non-hydrogen) atoms. The third kappa shape index (κ3) is 2.21. The fourth-order valence-corrected chi connectivity index (χ4v) is 4.36. The number of benzene rings is 2. The van der Waals surface area contributed by atoms with E-state index in [0.717, 1.165) is 16.9 Å². The van der Waals surface area contributed by atoms with Crippen molar-refractivity contribution in [3.63, 3.8) is 0 Å². The summed E-state index contributed by atoms with van der Waals surface area (Å²) in [7, 11) is 0. The summed E-state index contributed by atoms with van der Waals surface area (Å²) in [4.78, 5) is 32.7. The van der Waals surface area contributed by atoms with Crippen molar-refractivity contribution in [3.05, 3.63) is 79.8 Å². The van der Waals surface area contributed by atoms with Crippen molar-refractivity contribution in [1.82, 2.24) is 4.57 Å². The van der Waals surface area contributed by atoms with E-state index in [1.165, 1.54) is 11.3 Å². The summed E-state index contributed by atoms with van der Waals surface area (Å²) in [6.07, 6.45) is 0. The van der Waals surface area contributed by atoms with Crippen molar-refractivity contribution in [2.75, 3.05) is 16.9 Å². The van der Waals surface area contributed by atoms with Crippen LogP contribution in [0.5, 0.6) is 0 Å². The number of hydrogen-bond donors (Lipinski definition) is 1. The third-order valence-electron chi connectivity index (χ3n) is 4.57. The van der Waals surface area contributed by atoms with Gasteiger partial charge in [0.1, 0.15) is 17.9 Å². The molecule has 3 heterocycles. The number of amides is 1. The monoisotopic (exact) mass is 362 g/mol. The molecular formula is C19H14N4O2S. The standard InChI is InChI=1S/C19H14N4O2S/c24-17-15(13-8-4-5-9-14(13)21-17)16-18(25)23-11-22(10-20-19(23)26-16)12-6-2-1-3-7-12/h1-9H,10-11H2,(H,21,24)/b16-15-. The SMILES string of the molecule is O=C1Nc2ccccc2/C1=c1/sc2n(c1=O)CN(c1ccccc1)CN=2. The lowest BCUT2D eigenvalue weighted by molar-refractivity contribution is -0.110. The minimum atomic E-state index is -0.234. The summed E-state index contributed by atoms with van der Waals surface area (Å²) in [6, 6.07) is 17.3. The first-order valence-electron chi connectivity index (χ1n) is 8.21. The van der Waals surface area contributed by atoms with Gasteiger partial charge in [0.15, 0.2) is 4.80 Å². The number of carbonyl (C=O) groups is 1. The van der Waals surface area contributed by atoms with Gasteiger partial charge < -0.3 is 10.2 Å². The number of hydrogen-bond acceptors (Lipinski definition) is 5. The molecule has 0 radical (unpaired) electrons.